The van der Waals surface area contributed by atoms with Gasteiger partial charge in [-0.25, -0.2) is 0 Å². The molecule has 1 aliphatic carbocycles. The molecule has 1 aliphatic rings. The SMILES string of the molecule is CC(c1cccc(C(F)(F)F)c1)N(C)C1CCCC1CN. The summed E-state index contributed by atoms with van der Waals surface area (Å²) in [4.78, 5) is 2.18. The van der Waals surface area contributed by atoms with Crippen LogP contribution in [0, 0.1) is 5.92 Å². The monoisotopic (exact) mass is 300 g/mol. The molecule has 1 aromatic carbocycles. The van der Waals surface area contributed by atoms with Crippen LogP contribution in [0.4, 0.5) is 13.2 Å². The van der Waals surface area contributed by atoms with Crippen LogP contribution in [0.15, 0.2) is 24.3 Å². The molecule has 0 radical (unpaired) electrons. The predicted molar refractivity (Wildman–Crippen MR) is 77.8 cm³/mol. The largest absolute Gasteiger partial charge is 0.416 e. The first-order chi connectivity index (χ1) is 9.84. The van der Waals surface area contributed by atoms with Gasteiger partial charge in [0.05, 0.1) is 5.56 Å². The van der Waals surface area contributed by atoms with Gasteiger partial charge in [-0.05, 0) is 57.0 Å². The van der Waals surface area contributed by atoms with E-state index in [2.05, 4.69) is 4.90 Å². The highest BCUT2D eigenvalue weighted by molar-refractivity contribution is 5.27. The van der Waals surface area contributed by atoms with Crippen molar-refractivity contribution in [2.75, 3.05) is 13.6 Å². The standard InChI is InChI=1S/C16H23F3N2/c1-11(21(2)15-8-4-6-13(15)10-20)12-5-3-7-14(9-12)16(17,18)19/h3,5,7,9,11,13,15H,4,6,8,10,20H2,1-2H3. The van der Waals surface area contributed by atoms with Crippen LogP contribution in [0.25, 0.3) is 0 Å². The van der Waals surface area contributed by atoms with Gasteiger partial charge in [0.1, 0.15) is 0 Å². The third-order valence-electron chi connectivity index (χ3n) is 4.75. The molecule has 0 aromatic heterocycles. The van der Waals surface area contributed by atoms with Crippen LogP contribution in [0.2, 0.25) is 0 Å². The van der Waals surface area contributed by atoms with Gasteiger partial charge >= 0.3 is 6.18 Å². The van der Waals surface area contributed by atoms with Crippen LogP contribution in [0.1, 0.15) is 43.4 Å². The van der Waals surface area contributed by atoms with Gasteiger partial charge in [-0.15, -0.1) is 0 Å². The highest BCUT2D eigenvalue weighted by atomic mass is 19.4. The van der Waals surface area contributed by atoms with Gasteiger partial charge in [-0.1, -0.05) is 18.6 Å². The Morgan fingerprint density at radius 3 is 2.67 bits per heavy atom. The van der Waals surface area contributed by atoms with Crippen molar-refractivity contribution in [2.24, 2.45) is 11.7 Å². The molecular weight excluding hydrogens is 277 g/mol. The third kappa shape index (κ3) is 3.58. The fourth-order valence-electron chi connectivity index (χ4n) is 3.33. The van der Waals surface area contributed by atoms with Crippen molar-refractivity contribution in [2.45, 2.75) is 44.4 Å². The lowest BCUT2D eigenvalue weighted by Gasteiger charge is -2.34. The molecular formula is C16H23F3N2. The topological polar surface area (TPSA) is 29.3 Å². The number of halogens is 3. The van der Waals surface area contributed by atoms with Crippen LogP contribution >= 0.6 is 0 Å². The Kier molecular flexibility index (Phi) is 4.94. The van der Waals surface area contributed by atoms with Crippen molar-refractivity contribution in [3.63, 3.8) is 0 Å². The van der Waals surface area contributed by atoms with Crippen LogP contribution in [-0.4, -0.2) is 24.5 Å². The minimum atomic E-state index is -4.29. The average molecular weight is 300 g/mol. The number of hydrogen-bond acceptors (Lipinski definition) is 2. The lowest BCUT2D eigenvalue weighted by molar-refractivity contribution is -0.137. The molecule has 3 atom stereocenters. The van der Waals surface area contributed by atoms with Gasteiger partial charge in [-0.2, -0.15) is 13.2 Å². The van der Waals surface area contributed by atoms with E-state index < -0.39 is 11.7 Å². The molecule has 3 unspecified atom stereocenters. The van der Waals surface area contributed by atoms with E-state index in [0.29, 0.717) is 24.1 Å². The van der Waals surface area contributed by atoms with Gasteiger partial charge < -0.3 is 5.73 Å². The summed E-state index contributed by atoms with van der Waals surface area (Å²) in [5.41, 5.74) is 5.93. The Hall–Kier alpha value is -1.07. The summed E-state index contributed by atoms with van der Waals surface area (Å²) in [5, 5.41) is 0. The van der Waals surface area contributed by atoms with Crippen LogP contribution in [0.5, 0.6) is 0 Å². The maximum atomic E-state index is 12.8. The van der Waals surface area contributed by atoms with Crippen molar-refractivity contribution in [1.82, 2.24) is 4.90 Å². The molecule has 0 amide bonds. The molecule has 0 saturated heterocycles. The van der Waals surface area contributed by atoms with Crippen LogP contribution in [-0.2, 0) is 6.18 Å². The van der Waals surface area contributed by atoms with Gasteiger partial charge in [0.25, 0.3) is 0 Å². The summed E-state index contributed by atoms with van der Waals surface area (Å²) in [6.07, 6.45) is -0.962. The number of hydrogen-bond donors (Lipinski definition) is 1. The lowest BCUT2D eigenvalue weighted by Crippen LogP contribution is -2.39. The van der Waals surface area contributed by atoms with E-state index in [1.807, 2.05) is 14.0 Å². The van der Waals surface area contributed by atoms with E-state index in [4.69, 9.17) is 5.73 Å². The number of nitrogens with zero attached hydrogens (tertiary/aromatic N) is 1. The molecule has 0 heterocycles. The van der Waals surface area contributed by atoms with Gasteiger partial charge in [0.2, 0.25) is 0 Å². The fourth-order valence-corrected chi connectivity index (χ4v) is 3.33. The normalized spacial score (nSPS) is 24.5. The van der Waals surface area contributed by atoms with Crippen molar-refractivity contribution >= 4 is 0 Å². The quantitative estimate of drug-likeness (QED) is 0.916. The zero-order valence-electron chi connectivity index (χ0n) is 12.5. The van der Waals surface area contributed by atoms with Crippen LogP contribution < -0.4 is 5.73 Å². The van der Waals surface area contributed by atoms with Crippen molar-refractivity contribution in [1.29, 1.82) is 0 Å². The third-order valence-corrected chi connectivity index (χ3v) is 4.75. The second kappa shape index (κ2) is 6.36. The minimum Gasteiger partial charge on any atom is -0.330 e. The highest BCUT2D eigenvalue weighted by Crippen LogP contribution is 2.35. The summed E-state index contributed by atoms with van der Waals surface area (Å²) in [6, 6.07) is 5.94. The zero-order chi connectivity index (χ0) is 15.6. The Labute approximate surface area is 124 Å². The van der Waals surface area contributed by atoms with Gasteiger partial charge in [0, 0.05) is 12.1 Å². The van der Waals surface area contributed by atoms with Crippen molar-refractivity contribution in [3.8, 4) is 0 Å². The smallest absolute Gasteiger partial charge is 0.330 e. The van der Waals surface area contributed by atoms with E-state index in [1.165, 1.54) is 12.1 Å². The first-order valence-corrected chi connectivity index (χ1v) is 7.43. The molecule has 1 fully saturated rings. The van der Waals surface area contributed by atoms with Crippen LogP contribution in [0.3, 0.4) is 0 Å². The van der Waals surface area contributed by atoms with E-state index >= 15 is 0 Å². The predicted octanol–water partition coefficient (Wildman–Crippen LogP) is 3.83. The minimum absolute atomic E-state index is 0.0514. The molecule has 0 spiro atoms. The number of nitrogens with two attached hydrogens (primary N) is 1. The summed E-state index contributed by atoms with van der Waals surface area (Å²) >= 11 is 0. The van der Waals surface area contributed by atoms with E-state index in [9.17, 15) is 13.2 Å². The van der Waals surface area contributed by atoms with E-state index in [0.717, 1.165) is 25.3 Å². The summed E-state index contributed by atoms with van der Waals surface area (Å²) in [5.74, 6) is 0.447. The zero-order valence-corrected chi connectivity index (χ0v) is 12.5. The molecule has 2 rings (SSSR count). The van der Waals surface area contributed by atoms with E-state index in [1.54, 1.807) is 6.07 Å². The molecule has 118 valence electrons. The highest BCUT2D eigenvalue weighted by Gasteiger charge is 2.33. The number of rotatable bonds is 4. The molecule has 1 aromatic rings. The molecule has 1 saturated carbocycles. The average Bonchev–Trinajstić information content (AvgIpc) is 2.93. The first-order valence-electron chi connectivity index (χ1n) is 7.43. The molecule has 2 nitrogen and oxygen atoms in total. The Morgan fingerprint density at radius 1 is 1.33 bits per heavy atom. The summed E-state index contributed by atoms with van der Waals surface area (Å²) in [6.45, 7) is 2.60. The van der Waals surface area contributed by atoms with Crippen molar-refractivity contribution in [3.05, 3.63) is 35.4 Å². The van der Waals surface area contributed by atoms with E-state index in [-0.39, 0.29) is 6.04 Å². The maximum Gasteiger partial charge on any atom is 0.416 e. The maximum absolute atomic E-state index is 12.8. The summed E-state index contributed by atoms with van der Waals surface area (Å²) < 4.78 is 38.5. The first kappa shape index (κ1) is 16.3. The molecule has 0 aliphatic heterocycles. The Bertz CT molecular complexity index is 473. The van der Waals surface area contributed by atoms with Gasteiger partial charge in [0.15, 0.2) is 0 Å². The molecule has 0 bridgehead atoms. The second-order valence-electron chi connectivity index (χ2n) is 5.96. The van der Waals surface area contributed by atoms with Gasteiger partial charge in [-0.3, -0.25) is 4.90 Å². The Morgan fingerprint density at radius 2 is 2.05 bits per heavy atom. The number of benzene rings is 1. The molecule has 2 N–H and O–H groups in total. The fraction of sp³-hybridized carbons (Fsp3) is 0.625. The number of alkyl halides is 3. The molecule has 5 heteroatoms. The Balaban J connectivity index is 2.17. The lowest BCUT2D eigenvalue weighted by atomic mass is 9.98. The summed E-state index contributed by atoms with van der Waals surface area (Å²) in [7, 11) is 1.99. The second-order valence-corrected chi connectivity index (χ2v) is 5.96. The molecule has 21 heavy (non-hydrogen) atoms. The van der Waals surface area contributed by atoms with Crippen molar-refractivity contribution < 1.29 is 13.2 Å².